The number of carboxylic acid groups (broad SMARTS) is 1. The van der Waals surface area contributed by atoms with Crippen molar-refractivity contribution in [3.05, 3.63) is 67.5 Å². The third kappa shape index (κ3) is 8.33. The summed E-state index contributed by atoms with van der Waals surface area (Å²) in [6, 6.07) is 5.31. The third-order valence-electron chi connectivity index (χ3n) is 5.27. The average molecular weight is 488 g/mol. The predicted octanol–water partition coefficient (Wildman–Crippen LogP) is 6.34. The van der Waals surface area contributed by atoms with E-state index in [0.717, 1.165) is 17.7 Å². The van der Waals surface area contributed by atoms with Gasteiger partial charge in [-0.15, -0.1) is 11.3 Å². The van der Waals surface area contributed by atoms with Crippen LogP contribution in [-0.4, -0.2) is 22.1 Å². The molecule has 1 unspecified atom stereocenters. The number of rotatable bonds is 10. The number of thiophene rings is 1. The fraction of sp³-hybridized carbons (Fsp3) is 0.423. The quantitative estimate of drug-likeness (QED) is 0.266. The van der Waals surface area contributed by atoms with E-state index in [1.54, 1.807) is 30.4 Å². The molecule has 0 aliphatic heterocycles. The van der Waals surface area contributed by atoms with Crippen LogP contribution in [-0.2, 0) is 6.42 Å². The number of hydrogen-bond donors (Lipinski definition) is 3. The van der Waals surface area contributed by atoms with Gasteiger partial charge in [0.15, 0.2) is 5.78 Å². The van der Waals surface area contributed by atoms with E-state index >= 15 is 0 Å². The molecule has 0 saturated carbocycles. The van der Waals surface area contributed by atoms with Gasteiger partial charge in [-0.25, -0.2) is 9.59 Å². The van der Waals surface area contributed by atoms with Gasteiger partial charge < -0.3 is 14.6 Å². The summed E-state index contributed by atoms with van der Waals surface area (Å²) in [7, 11) is 0. The summed E-state index contributed by atoms with van der Waals surface area (Å²) in [6.45, 7) is 10.0. The summed E-state index contributed by atoms with van der Waals surface area (Å²) in [5.74, 6) is -0.928. The Kier molecular flexibility index (Phi) is 9.44. The smallest absolute Gasteiger partial charge is 0.408 e. The summed E-state index contributed by atoms with van der Waals surface area (Å²) < 4.78 is 5.34. The Labute approximate surface area is 203 Å². The van der Waals surface area contributed by atoms with Crippen LogP contribution in [0.3, 0.4) is 0 Å². The molecule has 0 saturated heterocycles. The molecule has 2 heterocycles. The van der Waals surface area contributed by atoms with E-state index < -0.39 is 23.3 Å². The molecular weight excluding hydrogens is 454 g/mol. The number of aromatic hydroxyl groups is 1. The Morgan fingerprint density at radius 2 is 1.97 bits per heavy atom. The summed E-state index contributed by atoms with van der Waals surface area (Å²) >= 11 is 1.61. The first kappa shape index (κ1) is 27.1. The number of allylic oxidation sites excluding steroid dienone is 2. The van der Waals surface area contributed by atoms with Gasteiger partial charge >= 0.3 is 11.7 Å². The van der Waals surface area contributed by atoms with Crippen molar-refractivity contribution in [3.8, 4) is 5.75 Å². The highest BCUT2D eigenvalue weighted by Crippen LogP contribution is 2.28. The minimum atomic E-state index is -1.15. The largest absolute Gasteiger partial charge is 0.507 e. The van der Waals surface area contributed by atoms with E-state index in [9.17, 15) is 19.5 Å². The Hall–Kier alpha value is -3.13. The first-order chi connectivity index (χ1) is 15.9. The zero-order valence-corrected chi connectivity index (χ0v) is 21.1. The second-order valence-electron chi connectivity index (χ2n) is 9.55. The van der Waals surface area contributed by atoms with Gasteiger partial charge in [-0.2, -0.15) is 0 Å². The molecule has 2 aromatic rings. The van der Waals surface area contributed by atoms with Crippen molar-refractivity contribution in [2.24, 2.45) is 5.41 Å². The molecule has 1 atom stereocenters. The van der Waals surface area contributed by atoms with Crippen molar-refractivity contribution in [1.82, 2.24) is 5.32 Å². The normalized spacial score (nSPS) is 13.3. The molecule has 0 bridgehead atoms. The molecule has 2 aromatic heterocycles. The van der Waals surface area contributed by atoms with Crippen LogP contribution in [0.15, 0.2) is 45.3 Å². The van der Waals surface area contributed by atoms with Crippen LogP contribution in [0.25, 0.3) is 6.08 Å². The van der Waals surface area contributed by atoms with Crippen LogP contribution >= 0.6 is 11.3 Å². The molecule has 0 radical (unpaired) electrons. The number of carbonyl (C=O) groups excluding carboxylic acids is 1. The third-order valence-corrected chi connectivity index (χ3v) is 6.37. The number of Topliss-reactive ketones (excluding diaryl/α,β-unsaturated/α-hetero) is 1. The first-order valence-electron chi connectivity index (χ1n) is 11.2. The van der Waals surface area contributed by atoms with Crippen molar-refractivity contribution in [3.63, 3.8) is 0 Å². The molecule has 7 nitrogen and oxygen atoms in total. The van der Waals surface area contributed by atoms with Crippen LogP contribution in [0.2, 0.25) is 0 Å². The Bertz CT molecular complexity index is 1130. The van der Waals surface area contributed by atoms with Gasteiger partial charge in [0.1, 0.15) is 17.1 Å². The van der Waals surface area contributed by atoms with E-state index in [2.05, 4.69) is 32.2 Å². The van der Waals surface area contributed by atoms with E-state index in [1.165, 1.54) is 17.1 Å². The number of nitrogens with one attached hydrogen (secondary N) is 1. The lowest BCUT2D eigenvalue weighted by Crippen LogP contribution is -2.16. The van der Waals surface area contributed by atoms with Crippen LogP contribution in [0.1, 0.15) is 85.7 Å². The van der Waals surface area contributed by atoms with Gasteiger partial charge in [0.2, 0.25) is 0 Å². The second-order valence-corrected chi connectivity index (χ2v) is 10.7. The lowest BCUT2D eigenvalue weighted by Gasteiger charge is -2.16. The molecule has 8 heteroatoms. The highest BCUT2D eigenvalue weighted by atomic mass is 32.1. The van der Waals surface area contributed by atoms with Crippen molar-refractivity contribution < 1.29 is 24.2 Å². The SMILES string of the molecule is C/C(=C\c1ccc(CCC(C)(C)C)s1)C(=O)c1c(O)cc(C(C)CC/C=C/NC(=O)O)oc1=O. The number of aryl methyl sites for hydroxylation is 1. The number of hydrogen-bond acceptors (Lipinski definition) is 6. The van der Waals surface area contributed by atoms with Gasteiger partial charge in [0.05, 0.1) is 0 Å². The highest BCUT2D eigenvalue weighted by molar-refractivity contribution is 7.12. The van der Waals surface area contributed by atoms with Gasteiger partial charge in [-0.3, -0.25) is 10.1 Å². The van der Waals surface area contributed by atoms with Crippen LogP contribution in [0, 0.1) is 5.41 Å². The van der Waals surface area contributed by atoms with Gasteiger partial charge in [0, 0.05) is 27.9 Å². The molecule has 0 fully saturated rings. The van der Waals surface area contributed by atoms with Gasteiger partial charge in [-0.1, -0.05) is 33.8 Å². The summed E-state index contributed by atoms with van der Waals surface area (Å²) in [6.07, 6.45) is 6.66. The van der Waals surface area contributed by atoms with Crippen molar-refractivity contribution in [1.29, 1.82) is 0 Å². The monoisotopic (exact) mass is 487 g/mol. The second kappa shape index (κ2) is 11.8. The summed E-state index contributed by atoms with van der Waals surface area (Å²) in [4.78, 5) is 38.0. The van der Waals surface area contributed by atoms with Crippen molar-refractivity contribution in [2.45, 2.75) is 66.2 Å². The Morgan fingerprint density at radius 3 is 2.59 bits per heavy atom. The van der Waals surface area contributed by atoms with Crippen LogP contribution in [0.4, 0.5) is 4.79 Å². The summed E-state index contributed by atoms with van der Waals surface area (Å²) in [5.41, 5.74) is -0.668. The predicted molar refractivity (Wildman–Crippen MR) is 135 cm³/mol. The zero-order valence-electron chi connectivity index (χ0n) is 20.3. The zero-order chi connectivity index (χ0) is 25.5. The minimum Gasteiger partial charge on any atom is -0.507 e. The van der Waals surface area contributed by atoms with Crippen molar-refractivity contribution >= 4 is 29.3 Å². The molecule has 0 aromatic carbocycles. The molecule has 184 valence electrons. The molecule has 0 aliphatic rings. The molecular formula is C26H33NO6S. The van der Waals surface area contributed by atoms with E-state index in [4.69, 9.17) is 9.52 Å². The van der Waals surface area contributed by atoms with Gasteiger partial charge in [-0.05, 0) is 61.8 Å². The molecule has 2 rings (SSSR count). The Balaban J connectivity index is 2.11. The van der Waals surface area contributed by atoms with Crippen LogP contribution in [0.5, 0.6) is 5.75 Å². The van der Waals surface area contributed by atoms with Crippen LogP contribution < -0.4 is 10.9 Å². The number of ketones is 1. The minimum absolute atomic E-state index is 0.216. The van der Waals surface area contributed by atoms with E-state index in [-0.39, 0.29) is 22.7 Å². The number of amides is 1. The lowest BCUT2D eigenvalue weighted by atomic mass is 9.90. The average Bonchev–Trinajstić information content (AvgIpc) is 3.17. The van der Waals surface area contributed by atoms with Crippen molar-refractivity contribution in [2.75, 3.05) is 0 Å². The lowest BCUT2D eigenvalue weighted by molar-refractivity contribution is 0.102. The molecule has 1 amide bonds. The van der Waals surface area contributed by atoms with E-state index in [0.29, 0.717) is 18.4 Å². The highest BCUT2D eigenvalue weighted by Gasteiger charge is 2.22. The molecule has 0 aliphatic carbocycles. The fourth-order valence-electron chi connectivity index (χ4n) is 3.23. The summed E-state index contributed by atoms with van der Waals surface area (Å²) in [5, 5.41) is 21.1. The molecule has 34 heavy (non-hydrogen) atoms. The maximum Gasteiger partial charge on any atom is 0.408 e. The Morgan fingerprint density at radius 1 is 1.26 bits per heavy atom. The van der Waals surface area contributed by atoms with E-state index in [1.807, 2.05) is 13.0 Å². The molecule has 0 spiro atoms. The van der Waals surface area contributed by atoms with Gasteiger partial charge in [0.25, 0.3) is 0 Å². The maximum absolute atomic E-state index is 12.9. The topological polar surface area (TPSA) is 117 Å². The standard InChI is InChI=1S/C26H33NO6S/c1-16(8-6-7-13-27-25(31)32)21-15-20(28)22(24(30)33-21)23(29)17(2)14-19-10-9-18(34-19)11-12-26(3,4)5/h7,9-10,13-16,27-28H,6,8,11-12H2,1-5H3,(H,31,32)/b13-7+,17-14+. The maximum atomic E-state index is 12.9. The first-order valence-corrected chi connectivity index (χ1v) is 12.0. The number of carbonyl (C=O) groups is 2. The molecule has 3 N–H and O–H groups in total. The fourth-order valence-corrected chi connectivity index (χ4v) is 4.25.